The van der Waals surface area contributed by atoms with E-state index in [4.69, 9.17) is 4.74 Å². The maximum absolute atomic E-state index is 12.7. The standard InChI is InChI=1S/C19H27N3O3/c1-25-16-10-6-14(7-11-16)17-5-3-2-4-12-22(17)18(23)13-20-19(24)21-15-8-9-15/h6-7,10-11,15,17H,2-5,8-9,12-13H2,1H3,(H2,20,21,24)/t17-/m0/s1. The lowest BCUT2D eigenvalue weighted by Crippen LogP contribution is -2.45. The molecule has 0 spiro atoms. The molecule has 136 valence electrons. The fourth-order valence-corrected chi connectivity index (χ4v) is 3.30. The molecule has 0 unspecified atom stereocenters. The third kappa shape index (κ3) is 4.87. The molecule has 1 aromatic carbocycles. The van der Waals surface area contributed by atoms with Crippen molar-refractivity contribution in [2.75, 3.05) is 20.2 Å². The number of likely N-dealkylation sites (tertiary alicyclic amines) is 1. The van der Waals surface area contributed by atoms with Gasteiger partial charge in [0, 0.05) is 12.6 Å². The van der Waals surface area contributed by atoms with E-state index in [1.165, 1.54) is 0 Å². The number of nitrogens with zero attached hydrogens (tertiary/aromatic N) is 1. The van der Waals surface area contributed by atoms with Crippen molar-refractivity contribution in [2.45, 2.75) is 50.6 Å². The SMILES string of the molecule is COc1ccc([C@@H]2CCCCCN2C(=O)CNC(=O)NC2CC2)cc1. The third-order valence-corrected chi connectivity index (χ3v) is 4.89. The third-order valence-electron chi connectivity index (χ3n) is 4.89. The van der Waals surface area contributed by atoms with Crippen LogP contribution in [0.4, 0.5) is 4.79 Å². The average molecular weight is 345 g/mol. The summed E-state index contributed by atoms with van der Waals surface area (Å²) in [6, 6.07) is 8.04. The number of nitrogens with one attached hydrogen (secondary N) is 2. The fraction of sp³-hybridized carbons (Fsp3) is 0.579. The quantitative estimate of drug-likeness (QED) is 0.862. The van der Waals surface area contributed by atoms with Gasteiger partial charge in [-0.3, -0.25) is 4.79 Å². The summed E-state index contributed by atoms with van der Waals surface area (Å²) in [7, 11) is 1.65. The van der Waals surface area contributed by atoms with Crippen LogP contribution in [0.25, 0.3) is 0 Å². The van der Waals surface area contributed by atoms with Crippen LogP contribution in [0, 0.1) is 0 Å². The van der Waals surface area contributed by atoms with Crippen molar-refractivity contribution in [1.82, 2.24) is 15.5 Å². The molecule has 6 nitrogen and oxygen atoms in total. The van der Waals surface area contributed by atoms with E-state index < -0.39 is 0 Å². The van der Waals surface area contributed by atoms with Gasteiger partial charge in [0.15, 0.2) is 0 Å². The summed E-state index contributed by atoms with van der Waals surface area (Å²) in [5.41, 5.74) is 1.12. The monoisotopic (exact) mass is 345 g/mol. The van der Waals surface area contributed by atoms with E-state index in [2.05, 4.69) is 10.6 Å². The highest BCUT2D eigenvalue weighted by atomic mass is 16.5. The van der Waals surface area contributed by atoms with Crippen molar-refractivity contribution in [2.24, 2.45) is 0 Å². The van der Waals surface area contributed by atoms with E-state index in [9.17, 15) is 9.59 Å². The van der Waals surface area contributed by atoms with E-state index in [0.29, 0.717) is 6.04 Å². The molecule has 1 saturated heterocycles. The molecule has 1 atom stereocenters. The Balaban J connectivity index is 1.63. The second-order valence-corrected chi connectivity index (χ2v) is 6.83. The van der Waals surface area contributed by atoms with Gasteiger partial charge in [-0.2, -0.15) is 0 Å². The molecule has 6 heteroatoms. The number of rotatable bonds is 5. The number of ether oxygens (including phenoxy) is 1. The van der Waals surface area contributed by atoms with E-state index in [0.717, 1.165) is 56.4 Å². The minimum absolute atomic E-state index is 0.0198. The van der Waals surface area contributed by atoms with Gasteiger partial charge in [-0.15, -0.1) is 0 Å². The first-order chi connectivity index (χ1) is 12.2. The van der Waals surface area contributed by atoms with E-state index in [1.54, 1.807) is 7.11 Å². The zero-order chi connectivity index (χ0) is 17.6. The van der Waals surface area contributed by atoms with Crippen LogP contribution in [0.15, 0.2) is 24.3 Å². The second-order valence-electron chi connectivity index (χ2n) is 6.83. The Kier molecular flexibility index (Phi) is 5.79. The van der Waals surface area contributed by atoms with Crippen molar-refractivity contribution in [3.8, 4) is 5.75 Å². The van der Waals surface area contributed by atoms with Gasteiger partial charge in [-0.05, 0) is 43.4 Å². The Morgan fingerprint density at radius 3 is 2.56 bits per heavy atom. The molecule has 0 radical (unpaired) electrons. The highest BCUT2D eigenvalue weighted by Gasteiger charge is 2.28. The first-order valence-electron chi connectivity index (χ1n) is 9.15. The average Bonchev–Trinajstić information content (AvgIpc) is 3.46. The van der Waals surface area contributed by atoms with Crippen LogP contribution in [0.5, 0.6) is 5.75 Å². The zero-order valence-electron chi connectivity index (χ0n) is 14.8. The molecule has 1 aromatic rings. The highest BCUT2D eigenvalue weighted by molar-refractivity contribution is 5.84. The number of hydrogen-bond donors (Lipinski definition) is 2. The normalized spacial score (nSPS) is 20.5. The van der Waals surface area contributed by atoms with Crippen LogP contribution in [0.1, 0.15) is 50.1 Å². The molecule has 0 aromatic heterocycles. The Labute approximate surface area is 148 Å². The van der Waals surface area contributed by atoms with E-state index in [1.807, 2.05) is 29.2 Å². The molecule has 2 fully saturated rings. The summed E-state index contributed by atoms with van der Waals surface area (Å²) in [5, 5.41) is 5.55. The summed E-state index contributed by atoms with van der Waals surface area (Å²) in [6.07, 6.45) is 6.27. The van der Waals surface area contributed by atoms with Gasteiger partial charge in [0.2, 0.25) is 5.91 Å². The number of hydrogen-bond acceptors (Lipinski definition) is 3. The largest absolute Gasteiger partial charge is 0.497 e. The number of carbonyl (C=O) groups is 2. The second kappa shape index (κ2) is 8.23. The van der Waals surface area contributed by atoms with Crippen molar-refractivity contribution in [3.05, 3.63) is 29.8 Å². The fourth-order valence-electron chi connectivity index (χ4n) is 3.30. The van der Waals surface area contributed by atoms with E-state index in [-0.39, 0.29) is 24.5 Å². The zero-order valence-corrected chi connectivity index (χ0v) is 14.8. The predicted molar refractivity (Wildman–Crippen MR) is 95.5 cm³/mol. The van der Waals surface area contributed by atoms with Gasteiger partial charge in [-0.1, -0.05) is 25.0 Å². The lowest BCUT2D eigenvalue weighted by Gasteiger charge is -2.30. The molecule has 0 bridgehead atoms. The molecule has 1 aliphatic carbocycles. The summed E-state index contributed by atoms with van der Waals surface area (Å²) in [6.45, 7) is 0.784. The topological polar surface area (TPSA) is 70.7 Å². The lowest BCUT2D eigenvalue weighted by molar-refractivity contribution is -0.132. The van der Waals surface area contributed by atoms with E-state index >= 15 is 0 Å². The number of amides is 3. The smallest absolute Gasteiger partial charge is 0.315 e. The molecule has 2 aliphatic rings. The van der Waals surface area contributed by atoms with Gasteiger partial charge in [0.05, 0.1) is 19.7 Å². The summed E-state index contributed by atoms with van der Waals surface area (Å²) >= 11 is 0. The maximum atomic E-state index is 12.7. The van der Waals surface area contributed by atoms with Crippen molar-refractivity contribution in [3.63, 3.8) is 0 Å². The minimum Gasteiger partial charge on any atom is -0.497 e. The van der Waals surface area contributed by atoms with Gasteiger partial charge in [0.1, 0.15) is 5.75 Å². The maximum Gasteiger partial charge on any atom is 0.315 e. The van der Waals surface area contributed by atoms with Gasteiger partial charge >= 0.3 is 6.03 Å². The van der Waals surface area contributed by atoms with Crippen molar-refractivity contribution >= 4 is 11.9 Å². The van der Waals surface area contributed by atoms with Gasteiger partial charge < -0.3 is 20.3 Å². The number of urea groups is 1. The number of benzene rings is 1. The molecular weight excluding hydrogens is 318 g/mol. The van der Waals surface area contributed by atoms with Crippen LogP contribution < -0.4 is 15.4 Å². The molecule has 25 heavy (non-hydrogen) atoms. The number of methoxy groups -OCH3 is 1. The molecular formula is C19H27N3O3. The molecule has 3 amide bonds. The minimum atomic E-state index is -0.244. The van der Waals surface area contributed by atoms with Crippen LogP contribution in [0.2, 0.25) is 0 Å². The van der Waals surface area contributed by atoms with Crippen LogP contribution >= 0.6 is 0 Å². The Bertz CT molecular complexity index is 598. The lowest BCUT2D eigenvalue weighted by atomic mass is 10.0. The van der Waals surface area contributed by atoms with Crippen LogP contribution in [0.3, 0.4) is 0 Å². The Morgan fingerprint density at radius 2 is 1.88 bits per heavy atom. The van der Waals surface area contributed by atoms with Crippen molar-refractivity contribution in [1.29, 1.82) is 0 Å². The molecule has 1 aliphatic heterocycles. The Hall–Kier alpha value is -2.24. The molecule has 1 heterocycles. The summed E-state index contributed by atoms with van der Waals surface area (Å²) in [4.78, 5) is 26.4. The first kappa shape index (κ1) is 17.6. The molecule has 3 rings (SSSR count). The molecule has 1 saturated carbocycles. The van der Waals surface area contributed by atoms with Crippen LogP contribution in [-0.2, 0) is 4.79 Å². The first-order valence-corrected chi connectivity index (χ1v) is 9.15. The Morgan fingerprint density at radius 1 is 1.12 bits per heavy atom. The van der Waals surface area contributed by atoms with Gasteiger partial charge in [-0.25, -0.2) is 4.79 Å². The molecule has 2 N–H and O–H groups in total. The highest BCUT2D eigenvalue weighted by Crippen LogP contribution is 2.31. The number of carbonyl (C=O) groups excluding carboxylic acids is 2. The van der Waals surface area contributed by atoms with Gasteiger partial charge in [0.25, 0.3) is 0 Å². The predicted octanol–water partition coefficient (Wildman–Crippen LogP) is 2.60. The summed E-state index contributed by atoms with van der Waals surface area (Å²) < 4.78 is 5.22. The van der Waals surface area contributed by atoms with Crippen molar-refractivity contribution < 1.29 is 14.3 Å². The summed E-state index contributed by atoms with van der Waals surface area (Å²) in [5.74, 6) is 0.794. The van der Waals surface area contributed by atoms with Crippen LogP contribution in [-0.4, -0.2) is 43.1 Å².